The van der Waals surface area contributed by atoms with E-state index in [2.05, 4.69) is 16.0 Å². The largest absolute Gasteiger partial charge is 0.343 e. The maximum absolute atomic E-state index is 13.8. The van der Waals surface area contributed by atoms with Gasteiger partial charge in [0, 0.05) is 37.4 Å². The number of rotatable bonds is 6. The molecule has 2 aliphatic rings. The van der Waals surface area contributed by atoms with Gasteiger partial charge >= 0.3 is 6.03 Å². The van der Waals surface area contributed by atoms with Gasteiger partial charge in [0.05, 0.1) is 17.8 Å². The van der Waals surface area contributed by atoms with Crippen molar-refractivity contribution in [3.05, 3.63) is 83.9 Å². The monoisotopic (exact) mass is 554 g/mol. The quantitative estimate of drug-likeness (QED) is 0.372. The van der Waals surface area contributed by atoms with Crippen molar-refractivity contribution in [2.45, 2.75) is 44.8 Å². The number of benzene rings is 3. The Kier molecular flexibility index (Phi) is 8.37. The number of fused-ring (bicyclic) bond motifs is 1. The van der Waals surface area contributed by atoms with Gasteiger partial charge in [-0.3, -0.25) is 9.59 Å². The molecule has 2 heterocycles. The van der Waals surface area contributed by atoms with Crippen molar-refractivity contribution in [2.75, 3.05) is 36.4 Å². The molecule has 3 aromatic carbocycles. The van der Waals surface area contributed by atoms with Crippen molar-refractivity contribution < 1.29 is 14.4 Å². The summed E-state index contributed by atoms with van der Waals surface area (Å²) >= 11 is 0. The zero-order valence-corrected chi connectivity index (χ0v) is 23.7. The number of piperazine rings is 1. The molecule has 2 aliphatic heterocycles. The normalized spacial score (nSPS) is 17.4. The third-order valence-corrected chi connectivity index (χ3v) is 7.62. The molecular formula is C32H38N6O3. The highest BCUT2D eigenvalue weighted by Gasteiger charge is 2.34. The predicted molar refractivity (Wildman–Crippen MR) is 161 cm³/mol. The zero-order valence-electron chi connectivity index (χ0n) is 23.7. The number of amides is 4. The molecule has 4 amide bonds. The predicted octanol–water partition coefficient (Wildman–Crippen LogP) is 3.49. The van der Waals surface area contributed by atoms with Crippen LogP contribution in [0.2, 0.25) is 0 Å². The highest BCUT2D eigenvalue weighted by molar-refractivity contribution is 6.01. The van der Waals surface area contributed by atoms with Crippen LogP contribution >= 0.6 is 0 Å². The molecule has 0 spiro atoms. The number of hydrogen-bond acceptors (Lipinski definition) is 5. The van der Waals surface area contributed by atoms with Crippen LogP contribution in [0.15, 0.2) is 72.8 Å². The Hall–Kier alpha value is -4.21. The van der Waals surface area contributed by atoms with E-state index >= 15 is 0 Å². The molecule has 1 saturated heterocycles. The number of urea groups is 1. The lowest BCUT2D eigenvalue weighted by atomic mass is 10.0. The number of anilines is 2. The Morgan fingerprint density at radius 3 is 2.39 bits per heavy atom. The molecule has 0 saturated carbocycles. The third kappa shape index (κ3) is 6.58. The highest BCUT2D eigenvalue weighted by Crippen LogP contribution is 2.31. The van der Waals surface area contributed by atoms with Gasteiger partial charge in [-0.1, -0.05) is 60.7 Å². The number of carbonyl (C=O) groups is 3. The molecule has 9 nitrogen and oxygen atoms in total. The van der Waals surface area contributed by atoms with E-state index < -0.39 is 11.6 Å². The van der Waals surface area contributed by atoms with Crippen LogP contribution in [-0.2, 0) is 22.6 Å². The fraction of sp³-hybridized carbons (Fsp3) is 0.344. The smallest absolute Gasteiger partial charge is 0.321 e. The minimum atomic E-state index is -1.08. The number of nitrogens with zero attached hydrogens (tertiary/aromatic N) is 2. The average Bonchev–Trinajstić information content (AvgIpc) is 3.10. The molecule has 5 rings (SSSR count). The fourth-order valence-electron chi connectivity index (χ4n) is 5.24. The van der Waals surface area contributed by atoms with E-state index in [1.165, 1.54) is 0 Å². The van der Waals surface area contributed by atoms with Gasteiger partial charge in [0.1, 0.15) is 6.04 Å². The first-order chi connectivity index (χ1) is 19.7. The van der Waals surface area contributed by atoms with Crippen LogP contribution in [0.3, 0.4) is 0 Å². The van der Waals surface area contributed by atoms with Crippen LogP contribution in [0.4, 0.5) is 16.2 Å². The molecule has 3 aromatic rings. The summed E-state index contributed by atoms with van der Waals surface area (Å²) in [4.78, 5) is 42.8. The summed E-state index contributed by atoms with van der Waals surface area (Å²) in [5.74, 6) is -0.508. The maximum Gasteiger partial charge on any atom is 0.321 e. The lowest BCUT2D eigenvalue weighted by Gasteiger charge is -2.28. The van der Waals surface area contributed by atoms with Crippen LogP contribution < -0.4 is 26.6 Å². The van der Waals surface area contributed by atoms with Gasteiger partial charge in [-0.15, -0.1) is 0 Å². The average molecular weight is 555 g/mol. The summed E-state index contributed by atoms with van der Waals surface area (Å²) in [5.41, 5.74) is 10.4. The molecule has 214 valence electrons. The number of aryl methyl sites for hydroxylation is 1. The second-order valence-electron chi connectivity index (χ2n) is 11.2. The summed E-state index contributed by atoms with van der Waals surface area (Å²) in [7, 11) is 0. The van der Waals surface area contributed by atoms with E-state index in [9.17, 15) is 14.4 Å². The maximum atomic E-state index is 13.8. The van der Waals surface area contributed by atoms with E-state index in [0.29, 0.717) is 32.5 Å². The van der Waals surface area contributed by atoms with E-state index in [4.69, 9.17) is 5.73 Å². The van der Waals surface area contributed by atoms with E-state index in [0.717, 1.165) is 46.7 Å². The first kappa shape index (κ1) is 28.3. The number of para-hydroxylation sites is 2. The molecule has 0 unspecified atom stereocenters. The van der Waals surface area contributed by atoms with Crippen molar-refractivity contribution >= 4 is 29.2 Å². The Bertz CT molecular complexity index is 1410. The molecule has 0 aliphatic carbocycles. The summed E-state index contributed by atoms with van der Waals surface area (Å²) in [5, 5.41) is 9.22. The summed E-state index contributed by atoms with van der Waals surface area (Å²) in [6.07, 6.45) is 1.17. The van der Waals surface area contributed by atoms with Crippen LogP contribution in [0, 0.1) is 0 Å². The molecule has 9 heteroatoms. The van der Waals surface area contributed by atoms with E-state index in [-0.39, 0.29) is 17.8 Å². The van der Waals surface area contributed by atoms with Gasteiger partial charge in [0.15, 0.2) is 0 Å². The van der Waals surface area contributed by atoms with Crippen molar-refractivity contribution in [1.29, 1.82) is 0 Å². The van der Waals surface area contributed by atoms with Gasteiger partial charge in [0.25, 0.3) is 0 Å². The lowest BCUT2D eigenvalue weighted by molar-refractivity contribution is -0.130. The second kappa shape index (κ2) is 12.1. The van der Waals surface area contributed by atoms with Crippen LogP contribution in [0.1, 0.15) is 31.4 Å². The van der Waals surface area contributed by atoms with Crippen LogP contribution in [0.5, 0.6) is 0 Å². The van der Waals surface area contributed by atoms with Crippen LogP contribution in [0.25, 0.3) is 11.1 Å². The SMILES string of the molecule is CC(C)(N)C(=O)N[C@@H]1CCc2ccccc2N(Cc2ccc(-c3ccccc3NC(=O)N3CCNCC3)cc2)C1=O. The highest BCUT2D eigenvalue weighted by atomic mass is 16.2. The topological polar surface area (TPSA) is 120 Å². The zero-order chi connectivity index (χ0) is 29.0. The van der Waals surface area contributed by atoms with Gasteiger partial charge in [-0.05, 0) is 55.5 Å². The summed E-state index contributed by atoms with van der Waals surface area (Å²) in [6.45, 7) is 6.55. The van der Waals surface area contributed by atoms with Crippen molar-refractivity contribution in [2.24, 2.45) is 5.73 Å². The molecule has 5 N–H and O–H groups in total. The second-order valence-corrected chi connectivity index (χ2v) is 11.2. The minimum Gasteiger partial charge on any atom is -0.343 e. The Morgan fingerprint density at radius 1 is 0.976 bits per heavy atom. The molecule has 0 bridgehead atoms. The third-order valence-electron chi connectivity index (χ3n) is 7.62. The van der Waals surface area contributed by atoms with Crippen molar-refractivity contribution in [3.63, 3.8) is 0 Å². The van der Waals surface area contributed by atoms with Crippen molar-refractivity contribution in [1.82, 2.24) is 15.5 Å². The van der Waals surface area contributed by atoms with Crippen molar-refractivity contribution in [3.8, 4) is 11.1 Å². The van der Waals surface area contributed by atoms with E-state index in [1.807, 2.05) is 77.7 Å². The minimum absolute atomic E-state index is 0.103. The Balaban J connectivity index is 1.36. The summed E-state index contributed by atoms with van der Waals surface area (Å²) in [6, 6.07) is 22.9. The number of nitrogens with one attached hydrogen (secondary N) is 3. The lowest BCUT2D eigenvalue weighted by Crippen LogP contribution is -2.56. The molecule has 0 radical (unpaired) electrons. The summed E-state index contributed by atoms with van der Waals surface area (Å²) < 4.78 is 0. The van der Waals surface area contributed by atoms with Crippen LogP contribution in [-0.4, -0.2) is 60.5 Å². The first-order valence-electron chi connectivity index (χ1n) is 14.1. The standard InChI is InChI=1S/C32H38N6O3/c1-32(2,33)30(40)35-27-16-15-24-7-3-6-10-28(24)38(29(27)39)21-22-11-13-23(14-12-22)25-8-4-5-9-26(25)36-31(41)37-19-17-34-18-20-37/h3-14,27,34H,15-21,33H2,1-2H3,(H,35,40)(H,36,41)/t27-/m1/s1. The van der Waals surface area contributed by atoms with Gasteiger partial charge in [-0.25, -0.2) is 4.79 Å². The fourth-order valence-corrected chi connectivity index (χ4v) is 5.24. The molecular weight excluding hydrogens is 516 g/mol. The number of carbonyl (C=O) groups excluding carboxylic acids is 3. The van der Waals surface area contributed by atoms with Gasteiger partial charge in [0.2, 0.25) is 11.8 Å². The van der Waals surface area contributed by atoms with E-state index in [1.54, 1.807) is 18.7 Å². The molecule has 1 fully saturated rings. The Labute approximate surface area is 241 Å². The molecule has 1 atom stereocenters. The van der Waals surface area contributed by atoms with Gasteiger partial charge in [-0.2, -0.15) is 0 Å². The first-order valence-corrected chi connectivity index (χ1v) is 14.1. The number of hydrogen-bond donors (Lipinski definition) is 4. The Morgan fingerprint density at radius 2 is 1.66 bits per heavy atom. The molecule has 0 aromatic heterocycles. The number of nitrogens with two attached hydrogens (primary N) is 1. The van der Waals surface area contributed by atoms with Gasteiger partial charge < -0.3 is 31.5 Å². The molecule has 41 heavy (non-hydrogen) atoms.